The number of anilines is 1. The Hall–Kier alpha value is -3.29. The van der Waals surface area contributed by atoms with Crippen molar-refractivity contribution in [2.45, 2.75) is 20.0 Å². The molecule has 162 valence electrons. The molecule has 0 aliphatic carbocycles. The lowest BCUT2D eigenvalue weighted by Crippen LogP contribution is -2.49. The van der Waals surface area contributed by atoms with Gasteiger partial charge in [-0.15, -0.1) is 0 Å². The summed E-state index contributed by atoms with van der Waals surface area (Å²) >= 11 is 0. The van der Waals surface area contributed by atoms with Gasteiger partial charge in [0.15, 0.2) is 0 Å². The van der Waals surface area contributed by atoms with Crippen molar-refractivity contribution in [3.63, 3.8) is 0 Å². The normalized spacial score (nSPS) is 14.7. The maximum absolute atomic E-state index is 13.2. The summed E-state index contributed by atoms with van der Waals surface area (Å²) in [4.78, 5) is 17.0. The number of piperazine rings is 1. The second-order valence-electron chi connectivity index (χ2n) is 7.74. The second kappa shape index (κ2) is 8.09. The first kappa shape index (κ1) is 21.0. The molecule has 3 aromatic rings. The highest BCUT2D eigenvalue weighted by molar-refractivity contribution is 5.93. The zero-order valence-electron chi connectivity index (χ0n) is 17.4. The highest BCUT2D eigenvalue weighted by Gasteiger charge is 2.31. The summed E-state index contributed by atoms with van der Waals surface area (Å²) in [6.07, 6.45) is -4.35. The number of carbonyl (C=O) groups excluding carboxylic acids is 1. The molecule has 0 spiro atoms. The summed E-state index contributed by atoms with van der Waals surface area (Å²) in [6, 6.07) is 14.7. The molecule has 5 nitrogen and oxygen atoms in total. The van der Waals surface area contributed by atoms with Gasteiger partial charge in [0.1, 0.15) is 5.69 Å². The standard InChI is InChI=1S/C23H23F3N4O/c1-16-3-7-20(8-4-16)30-21(15-17(2)27-30)22(31)29-13-11-28(12-14-29)19-9-5-18(6-10-19)23(24,25)26/h3-10,15H,11-14H2,1-2H3. The Balaban J connectivity index is 1.46. The average Bonchev–Trinajstić information content (AvgIpc) is 3.15. The number of hydrogen-bond acceptors (Lipinski definition) is 3. The molecule has 0 atom stereocenters. The van der Waals surface area contributed by atoms with Crippen LogP contribution >= 0.6 is 0 Å². The van der Waals surface area contributed by atoms with Gasteiger partial charge < -0.3 is 9.80 Å². The van der Waals surface area contributed by atoms with Crippen LogP contribution in [0.3, 0.4) is 0 Å². The second-order valence-corrected chi connectivity index (χ2v) is 7.74. The van der Waals surface area contributed by atoms with E-state index in [-0.39, 0.29) is 5.91 Å². The summed E-state index contributed by atoms with van der Waals surface area (Å²) in [6.45, 7) is 5.92. The molecule has 1 aliphatic heterocycles. The first-order valence-electron chi connectivity index (χ1n) is 10.1. The van der Waals surface area contributed by atoms with Gasteiger partial charge in [-0.25, -0.2) is 4.68 Å². The number of halogens is 3. The molecule has 0 N–H and O–H groups in total. The Kier molecular flexibility index (Phi) is 5.47. The number of alkyl halides is 3. The molecule has 1 amide bonds. The molecule has 8 heteroatoms. The van der Waals surface area contributed by atoms with Crippen LogP contribution in [-0.4, -0.2) is 46.8 Å². The Labute approximate surface area is 178 Å². The van der Waals surface area contributed by atoms with Gasteiger partial charge >= 0.3 is 6.18 Å². The monoisotopic (exact) mass is 428 g/mol. The van der Waals surface area contributed by atoms with Crippen LogP contribution in [0.15, 0.2) is 54.6 Å². The van der Waals surface area contributed by atoms with Crippen LogP contribution in [0.2, 0.25) is 0 Å². The Morgan fingerprint density at radius 2 is 1.45 bits per heavy atom. The van der Waals surface area contributed by atoms with Crippen LogP contribution in [0.1, 0.15) is 27.3 Å². The van der Waals surface area contributed by atoms with Gasteiger partial charge in [-0.05, 0) is 56.3 Å². The smallest absolute Gasteiger partial charge is 0.368 e. The number of hydrogen-bond donors (Lipinski definition) is 0. The van der Waals surface area contributed by atoms with E-state index in [1.165, 1.54) is 12.1 Å². The quantitative estimate of drug-likeness (QED) is 0.618. The molecule has 0 bridgehead atoms. The summed E-state index contributed by atoms with van der Waals surface area (Å²) in [5, 5.41) is 4.48. The fourth-order valence-electron chi connectivity index (χ4n) is 3.73. The van der Waals surface area contributed by atoms with E-state index in [0.717, 1.165) is 34.8 Å². The third kappa shape index (κ3) is 4.42. The Morgan fingerprint density at radius 1 is 0.871 bits per heavy atom. The van der Waals surface area contributed by atoms with Crippen LogP contribution in [0.5, 0.6) is 0 Å². The van der Waals surface area contributed by atoms with E-state index in [1.54, 1.807) is 15.6 Å². The van der Waals surface area contributed by atoms with E-state index in [9.17, 15) is 18.0 Å². The molecule has 2 heterocycles. The van der Waals surface area contributed by atoms with Crippen LogP contribution in [-0.2, 0) is 6.18 Å². The molecule has 2 aromatic carbocycles. The lowest BCUT2D eigenvalue weighted by Gasteiger charge is -2.36. The van der Waals surface area contributed by atoms with Crippen molar-refractivity contribution >= 4 is 11.6 Å². The molecule has 0 saturated carbocycles. The van der Waals surface area contributed by atoms with E-state index in [0.29, 0.717) is 31.9 Å². The van der Waals surface area contributed by atoms with E-state index in [1.807, 2.05) is 43.0 Å². The van der Waals surface area contributed by atoms with Gasteiger partial charge in [-0.2, -0.15) is 18.3 Å². The zero-order valence-corrected chi connectivity index (χ0v) is 17.4. The molecule has 4 rings (SSSR count). The molecule has 1 saturated heterocycles. The molecular formula is C23H23F3N4O. The topological polar surface area (TPSA) is 41.4 Å². The van der Waals surface area contributed by atoms with Crippen molar-refractivity contribution in [3.05, 3.63) is 77.1 Å². The van der Waals surface area contributed by atoms with Gasteiger partial charge in [0.2, 0.25) is 0 Å². The number of benzene rings is 2. The van der Waals surface area contributed by atoms with Crippen LogP contribution < -0.4 is 4.90 Å². The Bertz CT molecular complexity index is 1060. The van der Waals surface area contributed by atoms with Crippen molar-refractivity contribution in [3.8, 4) is 5.69 Å². The van der Waals surface area contributed by atoms with Crippen molar-refractivity contribution in [2.24, 2.45) is 0 Å². The molecule has 1 aromatic heterocycles. The summed E-state index contributed by atoms with van der Waals surface area (Å²) in [5.74, 6) is -0.103. The van der Waals surface area contributed by atoms with Crippen LogP contribution in [0.25, 0.3) is 5.69 Å². The number of carbonyl (C=O) groups is 1. The minimum atomic E-state index is -4.35. The van der Waals surface area contributed by atoms with Crippen LogP contribution in [0, 0.1) is 13.8 Å². The fraction of sp³-hybridized carbons (Fsp3) is 0.304. The van der Waals surface area contributed by atoms with E-state index >= 15 is 0 Å². The third-order valence-electron chi connectivity index (χ3n) is 5.46. The average molecular weight is 428 g/mol. The largest absolute Gasteiger partial charge is 0.416 e. The number of rotatable bonds is 3. The van der Waals surface area contributed by atoms with Gasteiger partial charge in [-0.3, -0.25) is 4.79 Å². The van der Waals surface area contributed by atoms with Gasteiger partial charge in [0.25, 0.3) is 5.91 Å². The lowest BCUT2D eigenvalue weighted by molar-refractivity contribution is -0.137. The SMILES string of the molecule is Cc1ccc(-n2nc(C)cc2C(=O)N2CCN(c3ccc(C(F)(F)F)cc3)CC2)cc1. The van der Waals surface area contributed by atoms with Crippen molar-refractivity contribution in [2.75, 3.05) is 31.1 Å². The highest BCUT2D eigenvalue weighted by Crippen LogP contribution is 2.30. The molecule has 31 heavy (non-hydrogen) atoms. The first-order chi connectivity index (χ1) is 14.7. The minimum Gasteiger partial charge on any atom is -0.368 e. The van der Waals surface area contributed by atoms with Crippen molar-refractivity contribution < 1.29 is 18.0 Å². The molecule has 1 aliphatic rings. The third-order valence-corrected chi connectivity index (χ3v) is 5.46. The minimum absolute atomic E-state index is 0.103. The van der Waals surface area contributed by atoms with E-state index < -0.39 is 11.7 Å². The maximum Gasteiger partial charge on any atom is 0.416 e. The molecule has 1 fully saturated rings. The first-order valence-corrected chi connectivity index (χ1v) is 10.1. The predicted octanol–water partition coefficient (Wildman–Crippen LogP) is 4.47. The van der Waals surface area contributed by atoms with Gasteiger partial charge in [0.05, 0.1) is 16.9 Å². The maximum atomic E-state index is 13.2. The van der Waals surface area contributed by atoms with Gasteiger partial charge in [0, 0.05) is 31.9 Å². The fourth-order valence-corrected chi connectivity index (χ4v) is 3.73. The van der Waals surface area contributed by atoms with Crippen LogP contribution in [0.4, 0.5) is 18.9 Å². The van der Waals surface area contributed by atoms with Crippen molar-refractivity contribution in [1.82, 2.24) is 14.7 Å². The van der Waals surface area contributed by atoms with E-state index in [4.69, 9.17) is 0 Å². The number of nitrogens with zero attached hydrogens (tertiary/aromatic N) is 4. The summed E-state index contributed by atoms with van der Waals surface area (Å²) in [7, 11) is 0. The Morgan fingerprint density at radius 3 is 2.03 bits per heavy atom. The zero-order chi connectivity index (χ0) is 22.2. The number of aryl methyl sites for hydroxylation is 2. The highest BCUT2D eigenvalue weighted by atomic mass is 19.4. The molecule has 0 unspecified atom stereocenters. The number of amides is 1. The van der Waals surface area contributed by atoms with Crippen molar-refractivity contribution in [1.29, 1.82) is 0 Å². The molecular weight excluding hydrogens is 405 g/mol. The lowest BCUT2D eigenvalue weighted by atomic mass is 10.1. The summed E-state index contributed by atoms with van der Waals surface area (Å²) in [5.41, 5.74) is 3.27. The number of aromatic nitrogens is 2. The van der Waals surface area contributed by atoms with Gasteiger partial charge in [-0.1, -0.05) is 17.7 Å². The summed E-state index contributed by atoms with van der Waals surface area (Å²) < 4.78 is 40.0. The predicted molar refractivity (Wildman–Crippen MR) is 113 cm³/mol. The molecule has 0 radical (unpaired) electrons. The van der Waals surface area contributed by atoms with E-state index in [2.05, 4.69) is 5.10 Å².